The van der Waals surface area contributed by atoms with Crippen LogP contribution in [-0.4, -0.2) is 44.2 Å². The summed E-state index contributed by atoms with van der Waals surface area (Å²) in [6, 6.07) is 14.4. The van der Waals surface area contributed by atoms with Crippen LogP contribution in [0.5, 0.6) is 0 Å². The molecule has 0 radical (unpaired) electrons. The van der Waals surface area contributed by atoms with Crippen LogP contribution in [0.1, 0.15) is 71.1 Å². The van der Waals surface area contributed by atoms with E-state index in [9.17, 15) is 22.8 Å². The zero-order valence-electron chi connectivity index (χ0n) is 25.4. The van der Waals surface area contributed by atoms with Crippen LogP contribution in [0.15, 0.2) is 72.3 Å². The third-order valence-corrected chi connectivity index (χ3v) is 6.13. The van der Waals surface area contributed by atoms with Crippen molar-refractivity contribution in [3.8, 4) is 0 Å². The molecule has 0 saturated carbocycles. The van der Waals surface area contributed by atoms with Gasteiger partial charge >= 0.3 is 18.1 Å². The normalized spacial score (nSPS) is 12.8. The number of nitrogens with two attached hydrogens (primary N) is 1. The summed E-state index contributed by atoms with van der Waals surface area (Å²) in [5, 5.41) is 21.0. The number of primary amides is 1. The Bertz CT molecular complexity index is 1410. The van der Waals surface area contributed by atoms with Crippen molar-refractivity contribution in [3.05, 3.63) is 83.6 Å². The van der Waals surface area contributed by atoms with E-state index < -0.39 is 18.1 Å². The molecule has 0 aliphatic heterocycles. The SMILES string of the molecule is CC.CC(C)CCC(=O)O.NC(=O)C1=C(c2cccc3ccccc23)C=C(NCc2cnc[nH]2)CCC1.O=C(O)C(F)(F)F. The zero-order chi connectivity index (χ0) is 33.3. The number of nitrogens with zero attached hydrogens (tertiary/aromatic N) is 1. The maximum atomic E-state index is 12.2. The third kappa shape index (κ3) is 13.1. The van der Waals surface area contributed by atoms with Gasteiger partial charge < -0.3 is 26.2 Å². The number of carboxylic acids is 2. The fourth-order valence-electron chi connectivity index (χ4n) is 4.02. The van der Waals surface area contributed by atoms with Crippen LogP contribution in [0.25, 0.3) is 16.3 Å². The number of aromatic nitrogens is 2. The Morgan fingerprint density at radius 2 is 1.68 bits per heavy atom. The quantitative estimate of drug-likeness (QED) is 0.185. The van der Waals surface area contributed by atoms with E-state index in [4.69, 9.17) is 20.7 Å². The minimum absolute atomic E-state index is 0.303. The lowest BCUT2D eigenvalue weighted by atomic mass is 9.93. The Morgan fingerprint density at radius 3 is 2.20 bits per heavy atom. The summed E-state index contributed by atoms with van der Waals surface area (Å²) in [4.78, 5) is 38.1. The number of carboxylic acid groups (broad SMARTS) is 2. The highest BCUT2D eigenvalue weighted by Crippen LogP contribution is 2.33. The topological polar surface area (TPSA) is 158 Å². The molecule has 0 bridgehead atoms. The second kappa shape index (κ2) is 18.8. The van der Waals surface area contributed by atoms with Gasteiger partial charge in [-0.25, -0.2) is 9.78 Å². The molecule has 0 fully saturated rings. The van der Waals surface area contributed by atoms with E-state index in [2.05, 4.69) is 45.6 Å². The van der Waals surface area contributed by atoms with E-state index in [0.29, 0.717) is 30.9 Å². The summed E-state index contributed by atoms with van der Waals surface area (Å²) >= 11 is 0. The highest BCUT2D eigenvalue weighted by molar-refractivity contribution is 6.06. The molecule has 0 unspecified atom stereocenters. The molecule has 9 nitrogen and oxygen atoms in total. The molecule has 1 aliphatic rings. The molecule has 1 aliphatic carbocycles. The van der Waals surface area contributed by atoms with Crippen LogP contribution in [0.2, 0.25) is 0 Å². The van der Waals surface area contributed by atoms with Crippen molar-refractivity contribution in [1.29, 1.82) is 0 Å². The number of aliphatic carboxylic acids is 2. The molecule has 4 rings (SSSR count). The van der Waals surface area contributed by atoms with Gasteiger partial charge in [0.15, 0.2) is 0 Å². The average Bonchev–Trinajstić information content (AvgIpc) is 3.41. The molecule has 1 amide bonds. The van der Waals surface area contributed by atoms with Crippen LogP contribution in [0, 0.1) is 5.92 Å². The Morgan fingerprint density at radius 1 is 1.05 bits per heavy atom. The van der Waals surface area contributed by atoms with Gasteiger partial charge in [0.2, 0.25) is 5.91 Å². The van der Waals surface area contributed by atoms with Gasteiger partial charge in [-0.05, 0) is 59.6 Å². The summed E-state index contributed by atoms with van der Waals surface area (Å²) in [6.07, 6.45) is 4.01. The number of benzene rings is 2. The molecule has 0 atom stereocenters. The average molecular weight is 619 g/mol. The largest absolute Gasteiger partial charge is 0.490 e. The van der Waals surface area contributed by atoms with E-state index in [1.165, 1.54) is 0 Å². The number of hydrogen-bond donors (Lipinski definition) is 5. The number of carbonyl (C=O) groups excluding carboxylic acids is 1. The van der Waals surface area contributed by atoms with Crippen molar-refractivity contribution in [2.45, 2.75) is 72.5 Å². The highest BCUT2D eigenvalue weighted by Gasteiger charge is 2.38. The van der Waals surface area contributed by atoms with Gasteiger partial charge in [-0.1, -0.05) is 70.2 Å². The molecule has 12 heteroatoms. The molecule has 0 spiro atoms. The van der Waals surface area contributed by atoms with Gasteiger partial charge in [0.05, 0.1) is 18.6 Å². The number of alkyl halides is 3. The van der Waals surface area contributed by atoms with Crippen LogP contribution >= 0.6 is 0 Å². The molecule has 1 aromatic heterocycles. The number of nitrogens with one attached hydrogen (secondary N) is 2. The van der Waals surface area contributed by atoms with Gasteiger partial charge in [0, 0.05) is 23.9 Å². The minimum Gasteiger partial charge on any atom is -0.481 e. The first kappa shape index (κ1) is 37.4. The Labute approximate surface area is 255 Å². The van der Waals surface area contributed by atoms with E-state index in [-0.39, 0.29) is 5.91 Å². The van der Waals surface area contributed by atoms with Gasteiger partial charge in [-0.3, -0.25) is 9.59 Å². The first-order valence-corrected chi connectivity index (χ1v) is 14.2. The second-order valence-electron chi connectivity index (χ2n) is 9.87. The van der Waals surface area contributed by atoms with Crippen molar-refractivity contribution in [3.63, 3.8) is 0 Å². The molecule has 3 aromatic rings. The van der Waals surface area contributed by atoms with Gasteiger partial charge in [-0.15, -0.1) is 0 Å². The molecule has 44 heavy (non-hydrogen) atoms. The molecule has 240 valence electrons. The van der Waals surface area contributed by atoms with Crippen LogP contribution in [0.3, 0.4) is 0 Å². The van der Waals surface area contributed by atoms with Crippen molar-refractivity contribution in [1.82, 2.24) is 15.3 Å². The van der Waals surface area contributed by atoms with Crippen molar-refractivity contribution in [2.24, 2.45) is 11.7 Å². The van der Waals surface area contributed by atoms with Crippen LogP contribution < -0.4 is 11.1 Å². The Kier molecular flexibility index (Phi) is 16.0. The number of hydrogen-bond acceptors (Lipinski definition) is 5. The third-order valence-electron chi connectivity index (χ3n) is 6.13. The molecular weight excluding hydrogens is 577 g/mol. The van der Waals surface area contributed by atoms with Crippen molar-refractivity contribution >= 4 is 34.2 Å². The number of imidazole rings is 1. The first-order chi connectivity index (χ1) is 20.8. The number of H-pyrrole nitrogens is 1. The maximum absolute atomic E-state index is 12.2. The smallest absolute Gasteiger partial charge is 0.481 e. The lowest BCUT2D eigenvalue weighted by molar-refractivity contribution is -0.192. The lowest BCUT2D eigenvalue weighted by Gasteiger charge is -2.13. The van der Waals surface area contributed by atoms with E-state index in [1.54, 1.807) is 12.5 Å². The van der Waals surface area contributed by atoms with Gasteiger partial charge in [0.1, 0.15) is 0 Å². The van der Waals surface area contributed by atoms with Crippen LogP contribution in [0.4, 0.5) is 13.2 Å². The molecule has 1 heterocycles. The number of rotatable bonds is 8. The minimum atomic E-state index is -5.08. The second-order valence-corrected chi connectivity index (χ2v) is 9.87. The summed E-state index contributed by atoms with van der Waals surface area (Å²) < 4.78 is 31.7. The number of allylic oxidation sites excluding steroid dienone is 3. The summed E-state index contributed by atoms with van der Waals surface area (Å²) in [5.74, 6) is -3.29. The summed E-state index contributed by atoms with van der Waals surface area (Å²) in [5.41, 5.74) is 10.5. The molecular formula is C32H41F3N4O5. The van der Waals surface area contributed by atoms with Crippen molar-refractivity contribution < 1.29 is 37.8 Å². The number of aromatic amines is 1. The maximum Gasteiger partial charge on any atom is 0.490 e. The van der Waals surface area contributed by atoms with Gasteiger partial charge in [-0.2, -0.15) is 13.2 Å². The lowest BCUT2D eigenvalue weighted by Crippen LogP contribution is -2.21. The van der Waals surface area contributed by atoms with E-state index in [1.807, 2.05) is 45.9 Å². The van der Waals surface area contributed by atoms with E-state index >= 15 is 0 Å². The zero-order valence-corrected chi connectivity index (χ0v) is 25.4. The molecule has 0 saturated heterocycles. The summed E-state index contributed by atoms with van der Waals surface area (Å²) in [6.45, 7) is 8.70. The fraction of sp³-hybridized carbons (Fsp3) is 0.375. The fourth-order valence-corrected chi connectivity index (χ4v) is 4.02. The number of amides is 1. The standard InChI is InChI=1S/C22H22N4O.C6H12O2.C2HF3O2.C2H6/c23-22(27)20-10-4-7-16(25-13-17-12-24-14-26-17)11-21(20)19-9-3-6-15-5-1-2-8-18(15)19;1-5(2)3-4-6(7)8;3-2(4,5)1(6)7;1-2/h1-3,5-6,8-9,11-12,14,25H,4,7,10,13H2,(H2,23,27)(H,24,26);5H,3-4H2,1-2H3,(H,7,8);(H,6,7);1-2H3. The number of halogens is 3. The number of carbonyl (C=O) groups is 3. The predicted octanol–water partition coefficient (Wildman–Crippen LogP) is 6.83. The molecule has 6 N–H and O–H groups in total. The summed E-state index contributed by atoms with van der Waals surface area (Å²) in [7, 11) is 0. The monoisotopic (exact) mass is 618 g/mol. The first-order valence-electron chi connectivity index (χ1n) is 14.2. The highest BCUT2D eigenvalue weighted by atomic mass is 19.4. The van der Waals surface area contributed by atoms with Gasteiger partial charge in [0.25, 0.3) is 0 Å². The van der Waals surface area contributed by atoms with E-state index in [0.717, 1.165) is 52.6 Å². The molecule has 2 aromatic carbocycles. The Hall–Kier alpha value is -4.61. The Balaban J connectivity index is 0.000000472. The predicted molar refractivity (Wildman–Crippen MR) is 164 cm³/mol. The van der Waals surface area contributed by atoms with Crippen molar-refractivity contribution in [2.75, 3.05) is 0 Å². The number of fused-ring (bicyclic) bond motifs is 1. The van der Waals surface area contributed by atoms with Crippen LogP contribution in [-0.2, 0) is 20.9 Å².